The van der Waals surface area contributed by atoms with Crippen molar-refractivity contribution in [3.8, 4) is 0 Å². The molecule has 0 spiro atoms. The minimum atomic E-state index is -0.875. The molecule has 7 nitrogen and oxygen atoms in total. The number of carbonyl (C=O) groups is 3. The van der Waals surface area contributed by atoms with Gasteiger partial charge in [0, 0.05) is 19.7 Å². The highest BCUT2D eigenvalue weighted by Gasteiger charge is 2.55. The van der Waals surface area contributed by atoms with E-state index in [9.17, 15) is 14.4 Å². The molecular formula is C21H28ClN3O4S. The van der Waals surface area contributed by atoms with E-state index in [1.165, 1.54) is 16.2 Å². The molecule has 3 aliphatic rings. The zero-order valence-corrected chi connectivity index (χ0v) is 18.8. The van der Waals surface area contributed by atoms with Crippen molar-refractivity contribution in [3.63, 3.8) is 0 Å². The molecule has 0 aliphatic carbocycles. The highest BCUT2D eigenvalue weighted by Crippen LogP contribution is 2.38. The van der Waals surface area contributed by atoms with Gasteiger partial charge in [-0.05, 0) is 49.5 Å². The molecule has 0 bridgehead atoms. The summed E-state index contributed by atoms with van der Waals surface area (Å²) in [7, 11) is 0. The lowest BCUT2D eigenvalue weighted by atomic mass is 9.74. The van der Waals surface area contributed by atoms with Gasteiger partial charge in [-0.1, -0.05) is 24.9 Å². The summed E-state index contributed by atoms with van der Waals surface area (Å²) in [5.41, 5.74) is -0.875. The van der Waals surface area contributed by atoms with Crippen molar-refractivity contribution in [2.45, 2.75) is 57.1 Å². The molecule has 4 heterocycles. The Morgan fingerprint density at radius 3 is 2.70 bits per heavy atom. The third-order valence-electron chi connectivity index (χ3n) is 6.55. The molecule has 0 radical (unpaired) electrons. The number of urea groups is 1. The first kappa shape index (κ1) is 21.6. The van der Waals surface area contributed by atoms with Gasteiger partial charge in [0.1, 0.15) is 10.4 Å². The maximum absolute atomic E-state index is 13.5. The number of carbonyl (C=O) groups excluding carboxylic acids is 3. The molecule has 164 valence electrons. The number of imide groups is 1. The fraction of sp³-hybridized carbons (Fsp3) is 0.667. The Morgan fingerprint density at radius 1 is 1.33 bits per heavy atom. The van der Waals surface area contributed by atoms with Crippen molar-refractivity contribution >= 4 is 40.8 Å². The number of ether oxygens (including phenoxy) is 1. The second-order valence-electron chi connectivity index (χ2n) is 8.37. The smallest absolute Gasteiger partial charge is 0.325 e. The Bertz CT molecular complexity index is 817. The van der Waals surface area contributed by atoms with Crippen LogP contribution in [0.3, 0.4) is 0 Å². The van der Waals surface area contributed by atoms with Crippen LogP contribution in [0.2, 0.25) is 5.02 Å². The standard InChI is InChI=1S/C21H28ClN3O4S/c1-2-8-21(19(27)25(20(28)23-21)13-15-4-3-11-29-15)14-5-9-24(10-6-14)18(26)17-16(22)7-12-30-17/h7,12,14-15H,2-6,8-11,13H2,1H3,(H,23,28)/t15-,21-/m0/s1. The Hall–Kier alpha value is -1.64. The van der Waals surface area contributed by atoms with Gasteiger partial charge in [-0.15, -0.1) is 11.3 Å². The Balaban J connectivity index is 1.45. The van der Waals surface area contributed by atoms with E-state index < -0.39 is 5.54 Å². The molecule has 9 heteroatoms. The molecule has 3 saturated heterocycles. The minimum absolute atomic E-state index is 0.00579. The van der Waals surface area contributed by atoms with E-state index in [0.717, 1.165) is 19.3 Å². The molecule has 1 N–H and O–H groups in total. The summed E-state index contributed by atoms with van der Waals surface area (Å²) < 4.78 is 5.64. The summed E-state index contributed by atoms with van der Waals surface area (Å²) >= 11 is 7.47. The zero-order valence-electron chi connectivity index (χ0n) is 17.2. The van der Waals surface area contributed by atoms with Gasteiger partial charge in [-0.25, -0.2) is 4.79 Å². The Morgan fingerprint density at radius 2 is 2.10 bits per heavy atom. The first-order valence-corrected chi connectivity index (χ1v) is 12.0. The van der Waals surface area contributed by atoms with Crippen LogP contribution in [-0.4, -0.2) is 65.5 Å². The molecule has 4 amide bonds. The van der Waals surface area contributed by atoms with Crippen molar-refractivity contribution in [1.82, 2.24) is 15.1 Å². The van der Waals surface area contributed by atoms with E-state index >= 15 is 0 Å². The molecule has 0 saturated carbocycles. The fourth-order valence-electron chi connectivity index (χ4n) is 5.01. The fourth-order valence-corrected chi connectivity index (χ4v) is 6.12. The minimum Gasteiger partial charge on any atom is -0.376 e. The number of halogens is 1. The zero-order chi connectivity index (χ0) is 21.3. The third kappa shape index (κ3) is 3.85. The number of rotatable bonds is 6. The van der Waals surface area contributed by atoms with Gasteiger partial charge in [0.25, 0.3) is 11.8 Å². The van der Waals surface area contributed by atoms with E-state index in [0.29, 0.717) is 55.4 Å². The number of nitrogens with zero attached hydrogens (tertiary/aromatic N) is 2. The topological polar surface area (TPSA) is 79.0 Å². The van der Waals surface area contributed by atoms with Crippen molar-refractivity contribution in [1.29, 1.82) is 0 Å². The lowest BCUT2D eigenvalue weighted by molar-refractivity contribution is -0.135. The number of hydrogen-bond acceptors (Lipinski definition) is 5. The van der Waals surface area contributed by atoms with E-state index in [1.54, 1.807) is 11.0 Å². The van der Waals surface area contributed by atoms with E-state index in [2.05, 4.69) is 5.32 Å². The molecule has 0 unspecified atom stereocenters. The monoisotopic (exact) mass is 453 g/mol. The van der Waals surface area contributed by atoms with Crippen molar-refractivity contribution in [2.75, 3.05) is 26.2 Å². The van der Waals surface area contributed by atoms with Gasteiger partial charge in [-0.3, -0.25) is 14.5 Å². The molecule has 1 aromatic rings. The van der Waals surface area contributed by atoms with Crippen LogP contribution in [0, 0.1) is 5.92 Å². The molecule has 3 fully saturated rings. The Kier molecular flexibility index (Phi) is 6.36. The maximum atomic E-state index is 13.5. The summed E-state index contributed by atoms with van der Waals surface area (Å²) in [6.07, 6.45) is 4.53. The molecule has 0 aromatic carbocycles. The van der Waals surface area contributed by atoms with Gasteiger partial charge in [0.15, 0.2) is 0 Å². The molecule has 4 rings (SSSR count). The molecule has 30 heavy (non-hydrogen) atoms. The second-order valence-corrected chi connectivity index (χ2v) is 9.69. The van der Waals surface area contributed by atoms with Crippen LogP contribution in [0.1, 0.15) is 55.1 Å². The largest absolute Gasteiger partial charge is 0.376 e. The summed E-state index contributed by atoms with van der Waals surface area (Å²) in [6.45, 7) is 4.15. The number of amides is 4. The van der Waals surface area contributed by atoms with Crippen LogP contribution in [0.25, 0.3) is 0 Å². The molecular weight excluding hydrogens is 426 g/mol. The highest BCUT2D eigenvalue weighted by atomic mass is 35.5. The van der Waals surface area contributed by atoms with E-state index in [1.807, 2.05) is 12.3 Å². The Labute approximate surface area is 185 Å². The molecule has 1 aromatic heterocycles. The van der Waals surface area contributed by atoms with Crippen molar-refractivity contribution in [3.05, 3.63) is 21.3 Å². The van der Waals surface area contributed by atoms with Crippen LogP contribution in [0.5, 0.6) is 0 Å². The third-order valence-corrected chi connectivity index (χ3v) is 7.88. The predicted molar refractivity (Wildman–Crippen MR) is 115 cm³/mol. The maximum Gasteiger partial charge on any atom is 0.325 e. The van der Waals surface area contributed by atoms with Crippen LogP contribution < -0.4 is 5.32 Å². The summed E-state index contributed by atoms with van der Waals surface area (Å²) in [5.74, 6) is -0.179. The number of piperidine rings is 1. The van der Waals surface area contributed by atoms with Gasteiger partial charge in [-0.2, -0.15) is 0 Å². The summed E-state index contributed by atoms with van der Waals surface area (Å²) in [5, 5.41) is 5.35. The van der Waals surface area contributed by atoms with Crippen molar-refractivity contribution in [2.24, 2.45) is 5.92 Å². The lowest BCUT2D eigenvalue weighted by Crippen LogP contribution is -2.56. The number of likely N-dealkylation sites (tertiary alicyclic amines) is 1. The van der Waals surface area contributed by atoms with Crippen LogP contribution >= 0.6 is 22.9 Å². The summed E-state index contributed by atoms with van der Waals surface area (Å²) in [6, 6.07) is 1.42. The lowest BCUT2D eigenvalue weighted by Gasteiger charge is -2.41. The molecule has 2 atom stereocenters. The van der Waals surface area contributed by atoms with Crippen molar-refractivity contribution < 1.29 is 19.1 Å². The molecule has 3 aliphatic heterocycles. The van der Waals surface area contributed by atoms with Gasteiger partial charge in [0.05, 0.1) is 17.7 Å². The van der Waals surface area contributed by atoms with Gasteiger partial charge < -0.3 is 15.0 Å². The normalized spacial score (nSPS) is 27.7. The highest BCUT2D eigenvalue weighted by molar-refractivity contribution is 7.12. The van der Waals surface area contributed by atoms with Gasteiger partial charge >= 0.3 is 6.03 Å². The predicted octanol–water partition coefficient (Wildman–Crippen LogP) is 3.52. The summed E-state index contributed by atoms with van der Waals surface area (Å²) in [4.78, 5) is 42.7. The van der Waals surface area contributed by atoms with Crippen LogP contribution in [-0.2, 0) is 9.53 Å². The number of hydrogen-bond donors (Lipinski definition) is 1. The van der Waals surface area contributed by atoms with Gasteiger partial charge in [0.2, 0.25) is 0 Å². The second kappa shape index (κ2) is 8.85. The number of nitrogens with one attached hydrogen (secondary N) is 1. The first-order valence-electron chi connectivity index (χ1n) is 10.7. The van der Waals surface area contributed by atoms with Crippen LogP contribution in [0.15, 0.2) is 11.4 Å². The average Bonchev–Trinajstić information content (AvgIpc) is 3.46. The first-order chi connectivity index (χ1) is 14.5. The quantitative estimate of drug-likeness (QED) is 0.668. The van der Waals surface area contributed by atoms with Crippen LogP contribution in [0.4, 0.5) is 4.79 Å². The SMILES string of the molecule is CCC[C@@]1(C2CCN(C(=O)c3sccc3Cl)CC2)NC(=O)N(C[C@@H]2CCCO2)C1=O. The average molecular weight is 454 g/mol. The van der Waals surface area contributed by atoms with E-state index in [-0.39, 0.29) is 29.9 Å². The number of thiophene rings is 1. The van der Waals surface area contributed by atoms with E-state index in [4.69, 9.17) is 16.3 Å².